The lowest BCUT2D eigenvalue weighted by molar-refractivity contribution is -0.0298. The zero-order valence-corrected chi connectivity index (χ0v) is 11.0. The van der Waals surface area contributed by atoms with Gasteiger partial charge in [0, 0.05) is 12.0 Å². The third-order valence-corrected chi connectivity index (χ3v) is 4.06. The van der Waals surface area contributed by atoms with Crippen LogP contribution in [0.5, 0.6) is 11.5 Å². The van der Waals surface area contributed by atoms with Gasteiger partial charge in [-0.1, -0.05) is 12.5 Å². The molecule has 4 heteroatoms. The quantitative estimate of drug-likeness (QED) is 0.838. The molecule has 0 aromatic heterocycles. The number of hydrogen-bond acceptors (Lipinski definition) is 4. The van der Waals surface area contributed by atoms with E-state index < -0.39 is 6.10 Å². The SMILES string of the molecule is COc1ccc(C(O)C2(CN)CCC2)cc1OC. The van der Waals surface area contributed by atoms with E-state index in [0.717, 1.165) is 24.8 Å². The summed E-state index contributed by atoms with van der Waals surface area (Å²) in [6.45, 7) is 0.516. The Bertz CT molecular complexity index is 410. The fraction of sp³-hybridized carbons (Fsp3) is 0.571. The molecule has 1 fully saturated rings. The van der Waals surface area contributed by atoms with Crippen molar-refractivity contribution in [2.75, 3.05) is 20.8 Å². The van der Waals surface area contributed by atoms with Crippen LogP contribution in [0.4, 0.5) is 0 Å². The predicted molar refractivity (Wildman–Crippen MR) is 69.8 cm³/mol. The summed E-state index contributed by atoms with van der Waals surface area (Å²) in [6.07, 6.45) is 2.58. The van der Waals surface area contributed by atoms with Crippen molar-refractivity contribution in [2.45, 2.75) is 25.4 Å². The van der Waals surface area contributed by atoms with Gasteiger partial charge >= 0.3 is 0 Å². The van der Waals surface area contributed by atoms with E-state index in [9.17, 15) is 5.11 Å². The number of nitrogens with two attached hydrogens (primary N) is 1. The van der Waals surface area contributed by atoms with Crippen LogP contribution in [-0.2, 0) is 0 Å². The number of aliphatic hydroxyl groups is 1. The highest BCUT2D eigenvalue weighted by Crippen LogP contribution is 2.50. The van der Waals surface area contributed by atoms with E-state index in [-0.39, 0.29) is 5.41 Å². The van der Waals surface area contributed by atoms with Gasteiger partial charge in [0.2, 0.25) is 0 Å². The zero-order valence-electron chi connectivity index (χ0n) is 11.0. The highest BCUT2D eigenvalue weighted by atomic mass is 16.5. The van der Waals surface area contributed by atoms with Crippen LogP contribution in [0.1, 0.15) is 30.9 Å². The molecule has 1 saturated carbocycles. The first-order valence-electron chi connectivity index (χ1n) is 6.27. The largest absolute Gasteiger partial charge is 0.493 e. The minimum absolute atomic E-state index is 0.153. The molecule has 2 rings (SSSR count). The molecule has 0 heterocycles. The van der Waals surface area contributed by atoms with E-state index in [2.05, 4.69) is 0 Å². The van der Waals surface area contributed by atoms with Crippen molar-refractivity contribution in [1.29, 1.82) is 0 Å². The van der Waals surface area contributed by atoms with Crippen LogP contribution in [0.3, 0.4) is 0 Å². The maximum atomic E-state index is 10.5. The van der Waals surface area contributed by atoms with Crippen LogP contribution in [-0.4, -0.2) is 25.9 Å². The fourth-order valence-electron chi connectivity index (χ4n) is 2.60. The van der Waals surface area contributed by atoms with Crippen LogP contribution in [0.15, 0.2) is 18.2 Å². The van der Waals surface area contributed by atoms with Crippen LogP contribution in [0.25, 0.3) is 0 Å². The Morgan fingerprint density at radius 2 is 1.94 bits per heavy atom. The molecule has 0 spiro atoms. The summed E-state index contributed by atoms with van der Waals surface area (Å²) in [6, 6.07) is 5.53. The molecule has 1 aliphatic rings. The van der Waals surface area contributed by atoms with Crippen molar-refractivity contribution in [3.63, 3.8) is 0 Å². The second-order valence-electron chi connectivity index (χ2n) is 4.94. The number of hydrogen-bond donors (Lipinski definition) is 2. The van der Waals surface area contributed by atoms with Gasteiger partial charge in [-0.2, -0.15) is 0 Å². The average Bonchev–Trinajstić information content (AvgIpc) is 2.37. The number of benzene rings is 1. The molecule has 0 amide bonds. The number of ether oxygens (including phenoxy) is 2. The van der Waals surface area contributed by atoms with Crippen molar-refractivity contribution in [3.8, 4) is 11.5 Å². The standard InChI is InChI=1S/C14H21NO3/c1-17-11-5-4-10(8-12(11)18-2)13(16)14(9-15)6-3-7-14/h4-5,8,13,16H,3,6-7,9,15H2,1-2H3. The van der Waals surface area contributed by atoms with E-state index in [4.69, 9.17) is 15.2 Å². The Labute approximate surface area is 108 Å². The molecular weight excluding hydrogens is 230 g/mol. The van der Waals surface area contributed by atoms with Gasteiger partial charge < -0.3 is 20.3 Å². The van der Waals surface area contributed by atoms with E-state index in [1.165, 1.54) is 0 Å². The molecule has 0 bridgehead atoms. The second-order valence-corrected chi connectivity index (χ2v) is 4.94. The van der Waals surface area contributed by atoms with Crippen molar-refractivity contribution in [2.24, 2.45) is 11.1 Å². The monoisotopic (exact) mass is 251 g/mol. The van der Waals surface area contributed by atoms with E-state index >= 15 is 0 Å². The molecule has 1 atom stereocenters. The molecule has 1 aromatic rings. The molecule has 4 nitrogen and oxygen atoms in total. The van der Waals surface area contributed by atoms with E-state index in [0.29, 0.717) is 18.0 Å². The van der Waals surface area contributed by atoms with Crippen LogP contribution < -0.4 is 15.2 Å². The predicted octanol–water partition coefficient (Wildman–Crippen LogP) is 1.87. The summed E-state index contributed by atoms with van der Waals surface area (Å²) < 4.78 is 10.4. The van der Waals surface area contributed by atoms with Gasteiger partial charge in [0.05, 0.1) is 20.3 Å². The van der Waals surface area contributed by atoms with E-state index in [1.54, 1.807) is 14.2 Å². The molecule has 0 saturated heterocycles. The summed E-state index contributed by atoms with van der Waals surface area (Å²) in [5, 5.41) is 10.5. The first-order chi connectivity index (χ1) is 8.66. The third kappa shape index (κ3) is 2.06. The van der Waals surface area contributed by atoms with Crippen LogP contribution in [0.2, 0.25) is 0 Å². The molecule has 0 aliphatic heterocycles. The van der Waals surface area contributed by atoms with Gasteiger partial charge in [0.15, 0.2) is 11.5 Å². The highest BCUT2D eigenvalue weighted by Gasteiger charge is 2.43. The van der Waals surface area contributed by atoms with Gasteiger partial charge in [-0.25, -0.2) is 0 Å². The van der Waals surface area contributed by atoms with Crippen molar-refractivity contribution < 1.29 is 14.6 Å². The van der Waals surface area contributed by atoms with Crippen molar-refractivity contribution in [3.05, 3.63) is 23.8 Å². The van der Waals surface area contributed by atoms with Crippen molar-refractivity contribution in [1.82, 2.24) is 0 Å². The lowest BCUT2D eigenvalue weighted by Gasteiger charge is -2.45. The van der Waals surface area contributed by atoms with Gasteiger partial charge in [0.25, 0.3) is 0 Å². The topological polar surface area (TPSA) is 64.7 Å². The molecule has 1 unspecified atom stereocenters. The minimum Gasteiger partial charge on any atom is -0.493 e. The normalized spacial score (nSPS) is 18.9. The maximum absolute atomic E-state index is 10.5. The molecular formula is C14H21NO3. The Morgan fingerprint density at radius 3 is 2.39 bits per heavy atom. The van der Waals surface area contributed by atoms with E-state index in [1.807, 2.05) is 18.2 Å². The smallest absolute Gasteiger partial charge is 0.161 e. The van der Waals surface area contributed by atoms with Crippen LogP contribution >= 0.6 is 0 Å². The van der Waals surface area contributed by atoms with Gasteiger partial charge in [-0.3, -0.25) is 0 Å². The summed E-state index contributed by atoms with van der Waals surface area (Å²) in [5.41, 5.74) is 6.51. The first-order valence-corrected chi connectivity index (χ1v) is 6.27. The molecule has 18 heavy (non-hydrogen) atoms. The lowest BCUT2D eigenvalue weighted by atomic mass is 9.63. The summed E-state index contributed by atoms with van der Waals surface area (Å²) in [7, 11) is 3.19. The Morgan fingerprint density at radius 1 is 1.28 bits per heavy atom. The fourth-order valence-corrected chi connectivity index (χ4v) is 2.60. The molecule has 1 aliphatic carbocycles. The summed E-state index contributed by atoms with van der Waals surface area (Å²) >= 11 is 0. The number of methoxy groups -OCH3 is 2. The van der Waals surface area contributed by atoms with Gasteiger partial charge in [-0.15, -0.1) is 0 Å². The first kappa shape index (κ1) is 13.2. The average molecular weight is 251 g/mol. The molecule has 0 radical (unpaired) electrons. The maximum Gasteiger partial charge on any atom is 0.161 e. The Hall–Kier alpha value is -1.26. The Balaban J connectivity index is 2.28. The highest BCUT2D eigenvalue weighted by molar-refractivity contribution is 5.44. The minimum atomic E-state index is -0.531. The molecule has 1 aromatic carbocycles. The molecule has 100 valence electrons. The van der Waals surface area contributed by atoms with Crippen molar-refractivity contribution >= 4 is 0 Å². The summed E-state index contributed by atoms with van der Waals surface area (Å²) in [4.78, 5) is 0. The Kier molecular flexibility index (Phi) is 3.78. The van der Waals surface area contributed by atoms with Gasteiger partial charge in [-0.05, 0) is 30.5 Å². The van der Waals surface area contributed by atoms with Crippen LogP contribution in [0, 0.1) is 5.41 Å². The third-order valence-electron chi connectivity index (χ3n) is 4.06. The number of aliphatic hydroxyl groups excluding tert-OH is 1. The summed E-state index contributed by atoms with van der Waals surface area (Å²) in [5.74, 6) is 1.31. The number of rotatable bonds is 5. The molecule has 3 N–H and O–H groups in total. The zero-order chi connectivity index (χ0) is 13.2. The second kappa shape index (κ2) is 5.16. The van der Waals surface area contributed by atoms with Gasteiger partial charge in [0.1, 0.15) is 0 Å². The lowest BCUT2D eigenvalue weighted by Crippen LogP contribution is -2.42.